The first-order valence-electron chi connectivity index (χ1n) is 6.23. The predicted molar refractivity (Wildman–Crippen MR) is 70.2 cm³/mol. The SMILES string of the molecule is ClCCCCN1CCC(c2ccccc2)C1. The van der Waals surface area contributed by atoms with Crippen molar-refractivity contribution in [3.8, 4) is 0 Å². The highest BCUT2D eigenvalue weighted by molar-refractivity contribution is 6.17. The van der Waals surface area contributed by atoms with Crippen molar-refractivity contribution in [3.05, 3.63) is 35.9 Å². The van der Waals surface area contributed by atoms with Gasteiger partial charge in [-0.3, -0.25) is 0 Å². The second-order valence-electron chi connectivity index (χ2n) is 4.59. The maximum Gasteiger partial charge on any atom is 0.0223 e. The fourth-order valence-corrected chi connectivity index (χ4v) is 2.65. The maximum atomic E-state index is 5.69. The molecule has 0 aromatic heterocycles. The zero-order valence-corrected chi connectivity index (χ0v) is 10.5. The molecule has 1 fully saturated rings. The summed E-state index contributed by atoms with van der Waals surface area (Å²) in [5, 5.41) is 0. The zero-order valence-electron chi connectivity index (χ0n) is 9.74. The van der Waals surface area contributed by atoms with Crippen molar-refractivity contribution in [1.82, 2.24) is 4.90 Å². The monoisotopic (exact) mass is 237 g/mol. The Labute approximate surface area is 103 Å². The Hall–Kier alpha value is -0.530. The molecular weight excluding hydrogens is 218 g/mol. The summed E-state index contributed by atoms with van der Waals surface area (Å²) in [5.74, 6) is 1.55. The fraction of sp³-hybridized carbons (Fsp3) is 0.571. The molecule has 0 N–H and O–H groups in total. The summed E-state index contributed by atoms with van der Waals surface area (Å²) < 4.78 is 0. The number of unbranched alkanes of at least 4 members (excludes halogenated alkanes) is 1. The lowest BCUT2D eigenvalue weighted by Crippen LogP contribution is -2.21. The molecular formula is C14H20ClN. The van der Waals surface area contributed by atoms with E-state index < -0.39 is 0 Å². The van der Waals surface area contributed by atoms with Crippen molar-refractivity contribution in [2.24, 2.45) is 0 Å². The molecule has 1 aromatic carbocycles. The van der Waals surface area contributed by atoms with Crippen molar-refractivity contribution >= 4 is 11.6 Å². The lowest BCUT2D eigenvalue weighted by Gasteiger charge is -2.15. The van der Waals surface area contributed by atoms with Crippen LogP contribution in [-0.2, 0) is 0 Å². The molecule has 1 atom stereocenters. The van der Waals surface area contributed by atoms with E-state index in [0.29, 0.717) is 0 Å². The van der Waals surface area contributed by atoms with Crippen LogP contribution in [0, 0.1) is 0 Å². The molecule has 1 unspecified atom stereocenters. The molecule has 1 heterocycles. The van der Waals surface area contributed by atoms with Gasteiger partial charge in [0, 0.05) is 12.4 Å². The molecule has 2 rings (SSSR count). The first-order chi connectivity index (χ1) is 7.90. The minimum absolute atomic E-state index is 0.747. The average molecular weight is 238 g/mol. The molecule has 0 radical (unpaired) electrons. The minimum atomic E-state index is 0.747. The number of nitrogens with zero attached hydrogens (tertiary/aromatic N) is 1. The third-order valence-corrected chi connectivity index (χ3v) is 3.67. The van der Waals surface area contributed by atoms with Crippen LogP contribution in [0.2, 0.25) is 0 Å². The van der Waals surface area contributed by atoms with Crippen LogP contribution in [0.3, 0.4) is 0 Å². The van der Waals surface area contributed by atoms with Crippen LogP contribution >= 0.6 is 11.6 Å². The number of halogens is 1. The maximum absolute atomic E-state index is 5.69. The fourth-order valence-electron chi connectivity index (χ4n) is 2.46. The van der Waals surface area contributed by atoms with Gasteiger partial charge in [0.2, 0.25) is 0 Å². The van der Waals surface area contributed by atoms with Gasteiger partial charge >= 0.3 is 0 Å². The van der Waals surface area contributed by atoms with Crippen LogP contribution in [-0.4, -0.2) is 30.4 Å². The van der Waals surface area contributed by atoms with Crippen LogP contribution < -0.4 is 0 Å². The number of hydrogen-bond donors (Lipinski definition) is 0. The van der Waals surface area contributed by atoms with Gasteiger partial charge in [0.15, 0.2) is 0 Å². The van der Waals surface area contributed by atoms with Gasteiger partial charge in [-0.25, -0.2) is 0 Å². The Morgan fingerprint density at radius 2 is 2.00 bits per heavy atom. The van der Waals surface area contributed by atoms with E-state index in [1.807, 2.05) is 0 Å². The first-order valence-corrected chi connectivity index (χ1v) is 6.77. The standard InChI is InChI=1S/C14H20ClN/c15-9-4-5-10-16-11-8-14(12-16)13-6-2-1-3-7-13/h1-3,6-7,14H,4-5,8-12H2. The van der Waals surface area contributed by atoms with Gasteiger partial charge in [-0.05, 0) is 43.8 Å². The highest BCUT2D eigenvalue weighted by Crippen LogP contribution is 2.26. The Bertz CT molecular complexity index is 299. The molecule has 16 heavy (non-hydrogen) atoms. The van der Waals surface area contributed by atoms with Crippen LogP contribution in [0.25, 0.3) is 0 Å². The second kappa shape index (κ2) is 6.27. The van der Waals surface area contributed by atoms with Crippen molar-refractivity contribution in [1.29, 1.82) is 0 Å². The van der Waals surface area contributed by atoms with Crippen molar-refractivity contribution in [2.75, 3.05) is 25.5 Å². The molecule has 1 saturated heterocycles. The van der Waals surface area contributed by atoms with Crippen molar-refractivity contribution in [2.45, 2.75) is 25.2 Å². The largest absolute Gasteiger partial charge is 0.303 e. The Morgan fingerprint density at radius 3 is 2.75 bits per heavy atom. The first kappa shape index (κ1) is 11.9. The topological polar surface area (TPSA) is 3.24 Å². The quantitative estimate of drug-likeness (QED) is 0.560. The molecule has 1 aromatic rings. The summed E-state index contributed by atoms with van der Waals surface area (Å²) in [7, 11) is 0. The van der Waals surface area contributed by atoms with Crippen molar-refractivity contribution < 1.29 is 0 Å². The van der Waals surface area contributed by atoms with Gasteiger partial charge < -0.3 is 4.90 Å². The van der Waals surface area contributed by atoms with Gasteiger partial charge in [-0.1, -0.05) is 30.3 Å². The lowest BCUT2D eigenvalue weighted by atomic mass is 9.99. The summed E-state index contributed by atoms with van der Waals surface area (Å²) in [6, 6.07) is 10.9. The second-order valence-corrected chi connectivity index (χ2v) is 4.97. The highest BCUT2D eigenvalue weighted by Gasteiger charge is 2.22. The van der Waals surface area contributed by atoms with Gasteiger partial charge in [0.05, 0.1) is 0 Å². The predicted octanol–water partition coefficient (Wildman–Crippen LogP) is 3.49. The summed E-state index contributed by atoms with van der Waals surface area (Å²) >= 11 is 5.69. The Morgan fingerprint density at radius 1 is 1.19 bits per heavy atom. The van der Waals surface area contributed by atoms with E-state index in [9.17, 15) is 0 Å². The number of alkyl halides is 1. The number of benzene rings is 1. The Balaban J connectivity index is 1.79. The van der Waals surface area contributed by atoms with Crippen LogP contribution in [0.5, 0.6) is 0 Å². The molecule has 0 saturated carbocycles. The van der Waals surface area contributed by atoms with E-state index in [1.165, 1.54) is 38.0 Å². The summed E-state index contributed by atoms with van der Waals surface area (Å²) in [4.78, 5) is 2.57. The zero-order chi connectivity index (χ0) is 11.2. The van der Waals surface area contributed by atoms with E-state index in [4.69, 9.17) is 11.6 Å². The molecule has 1 aliphatic rings. The molecule has 2 heteroatoms. The van der Waals surface area contributed by atoms with Crippen LogP contribution in [0.1, 0.15) is 30.7 Å². The number of rotatable bonds is 5. The molecule has 0 amide bonds. The van der Waals surface area contributed by atoms with E-state index in [-0.39, 0.29) is 0 Å². The van der Waals surface area contributed by atoms with Gasteiger partial charge in [-0.15, -0.1) is 11.6 Å². The minimum Gasteiger partial charge on any atom is -0.303 e. The molecule has 0 spiro atoms. The molecule has 1 aliphatic heterocycles. The van der Waals surface area contributed by atoms with Crippen molar-refractivity contribution in [3.63, 3.8) is 0 Å². The third kappa shape index (κ3) is 3.23. The summed E-state index contributed by atoms with van der Waals surface area (Å²) in [6.07, 6.45) is 3.70. The van der Waals surface area contributed by atoms with E-state index in [0.717, 1.165) is 18.2 Å². The Kier molecular flexibility index (Phi) is 4.68. The molecule has 88 valence electrons. The summed E-state index contributed by atoms with van der Waals surface area (Å²) in [6.45, 7) is 3.70. The van der Waals surface area contributed by atoms with E-state index in [2.05, 4.69) is 35.2 Å². The molecule has 0 bridgehead atoms. The third-order valence-electron chi connectivity index (χ3n) is 3.40. The lowest BCUT2D eigenvalue weighted by molar-refractivity contribution is 0.328. The smallest absolute Gasteiger partial charge is 0.0223 e. The summed E-state index contributed by atoms with van der Waals surface area (Å²) in [5.41, 5.74) is 1.50. The number of hydrogen-bond acceptors (Lipinski definition) is 1. The van der Waals surface area contributed by atoms with Crippen LogP contribution in [0.15, 0.2) is 30.3 Å². The highest BCUT2D eigenvalue weighted by atomic mass is 35.5. The van der Waals surface area contributed by atoms with Crippen LogP contribution in [0.4, 0.5) is 0 Å². The van der Waals surface area contributed by atoms with E-state index in [1.54, 1.807) is 0 Å². The van der Waals surface area contributed by atoms with Gasteiger partial charge in [-0.2, -0.15) is 0 Å². The van der Waals surface area contributed by atoms with E-state index >= 15 is 0 Å². The average Bonchev–Trinajstić information content (AvgIpc) is 2.79. The normalized spacial score (nSPS) is 21.4. The van der Waals surface area contributed by atoms with Gasteiger partial charge in [0.1, 0.15) is 0 Å². The molecule has 0 aliphatic carbocycles. The van der Waals surface area contributed by atoms with Gasteiger partial charge in [0.25, 0.3) is 0 Å². The molecule has 1 nitrogen and oxygen atoms in total. The number of likely N-dealkylation sites (tertiary alicyclic amines) is 1.